The summed E-state index contributed by atoms with van der Waals surface area (Å²) in [6, 6.07) is 14.7. The predicted octanol–water partition coefficient (Wildman–Crippen LogP) is 2.76. The van der Waals surface area contributed by atoms with Crippen molar-refractivity contribution >= 4 is 16.7 Å². The van der Waals surface area contributed by atoms with Crippen LogP contribution in [0.3, 0.4) is 0 Å². The summed E-state index contributed by atoms with van der Waals surface area (Å²) in [5.74, 6) is 1.53. The summed E-state index contributed by atoms with van der Waals surface area (Å²) in [6.07, 6.45) is 0. The molecule has 0 aliphatic carbocycles. The zero-order chi connectivity index (χ0) is 14.8. The topological polar surface area (TPSA) is 84.8 Å². The number of benzene rings is 2. The first kappa shape index (κ1) is 12.9. The molecule has 21 heavy (non-hydrogen) atoms. The van der Waals surface area contributed by atoms with Crippen LogP contribution in [0.25, 0.3) is 22.3 Å². The molecule has 0 spiro atoms. The number of hydrogen-bond acceptors (Lipinski definition) is 5. The van der Waals surface area contributed by atoms with Gasteiger partial charge in [-0.2, -0.15) is 5.26 Å². The third-order valence-corrected chi connectivity index (χ3v) is 3.20. The van der Waals surface area contributed by atoms with E-state index in [0.29, 0.717) is 33.9 Å². The first-order valence-electron chi connectivity index (χ1n) is 6.33. The van der Waals surface area contributed by atoms with Gasteiger partial charge in [0.15, 0.2) is 5.82 Å². The van der Waals surface area contributed by atoms with Crippen LogP contribution in [0.5, 0.6) is 5.75 Å². The molecule has 2 N–H and O–H groups in total. The van der Waals surface area contributed by atoms with Crippen LogP contribution in [0.2, 0.25) is 0 Å². The number of nitriles is 1. The number of fused-ring (bicyclic) bond motifs is 1. The van der Waals surface area contributed by atoms with Crippen LogP contribution < -0.4 is 10.5 Å². The first-order valence-corrected chi connectivity index (χ1v) is 6.33. The van der Waals surface area contributed by atoms with Gasteiger partial charge in [-0.05, 0) is 30.3 Å². The van der Waals surface area contributed by atoms with Crippen LogP contribution in [0.1, 0.15) is 5.56 Å². The van der Waals surface area contributed by atoms with Gasteiger partial charge in [0, 0.05) is 5.39 Å². The number of ether oxygens (including phenoxy) is 1. The molecule has 0 saturated heterocycles. The maximum Gasteiger partial charge on any atom is 0.165 e. The van der Waals surface area contributed by atoms with Crippen LogP contribution >= 0.6 is 0 Å². The summed E-state index contributed by atoms with van der Waals surface area (Å²) >= 11 is 0. The number of rotatable bonds is 2. The Morgan fingerprint density at radius 1 is 1.14 bits per heavy atom. The van der Waals surface area contributed by atoms with Crippen molar-refractivity contribution < 1.29 is 4.74 Å². The lowest BCUT2D eigenvalue weighted by Crippen LogP contribution is -1.99. The van der Waals surface area contributed by atoms with E-state index in [1.54, 1.807) is 25.3 Å². The number of methoxy groups -OCH3 is 1. The monoisotopic (exact) mass is 276 g/mol. The SMILES string of the molecule is COc1ccccc1-c1nc(N)c2cc(C#N)ccc2n1. The molecule has 0 aliphatic heterocycles. The Hall–Kier alpha value is -3.13. The molecular weight excluding hydrogens is 264 g/mol. The molecular formula is C16H12N4O. The zero-order valence-electron chi connectivity index (χ0n) is 11.4. The molecule has 0 unspecified atom stereocenters. The molecule has 1 heterocycles. The smallest absolute Gasteiger partial charge is 0.165 e. The predicted molar refractivity (Wildman–Crippen MR) is 80.7 cm³/mol. The standard InChI is InChI=1S/C16H12N4O/c1-21-14-5-3-2-4-11(14)16-19-13-7-6-10(9-17)8-12(13)15(18)20-16/h2-8H,1H3,(H2,18,19,20). The average molecular weight is 276 g/mol. The molecule has 0 aliphatic rings. The number of hydrogen-bond donors (Lipinski definition) is 1. The zero-order valence-corrected chi connectivity index (χ0v) is 11.4. The molecule has 3 rings (SSSR count). The number of nitrogen functional groups attached to an aromatic ring is 1. The first-order chi connectivity index (χ1) is 10.2. The number of nitrogens with zero attached hydrogens (tertiary/aromatic N) is 3. The van der Waals surface area contributed by atoms with Crippen LogP contribution in [0.4, 0.5) is 5.82 Å². The second kappa shape index (κ2) is 5.10. The lowest BCUT2D eigenvalue weighted by Gasteiger charge is -2.09. The molecule has 102 valence electrons. The van der Waals surface area contributed by atoms with Crippen LogP contribution in [-0.2, 0) is 0 Å². The van der Waals surface area contributed by atoms with Gasteiger partial charge in [-0.3, -0.25) is 0 Å². The number of para-hydroxylation sites is 1. The Kier molecular flexibility index (Phi) is 3.13. The molecule has 1 aromatic heterocycles. The highest BCUT2D eigenvalue weighted by Gasteiger charge is 2.11. The van der Waals surface area contributed by atoms with Crippen LogP contribution in [-0.4, -0.2) is 17.1 Å². The molecule has 0 bridgehead atoms. The fraction of sp³-hybridized carbons (Fsp3) is 0.0625. The summed E-state index contributed by atoms with van der Waals surface area (Å²) in [7, 11) is 1.60. The molecule has 0 fully saturated rings. The summed E-state index contributed by atoms with van der Waals surface area (Å²) in [6.45, 7) is 0. The average Bonchev–Trinajstić information content (AvgIpc) is 2.54. The van der Waals surface area contributed by atoms with Crippen LogP contribution in [0, 0.1) is 11.3 Å². The highest BCUT2D eigenvalue weighted by Crippen LogP contribution is 2.29. The van der Waals surface area contributed by atoms with Crippen molar-refractivity contribution in [1.82, 2.24) is 9.97 Å². The number of anilines is 1. The van der Waals surface area contributed by atoms with Crippen LogP contribution in [0.15, 0.2) is 42.5 Å². The van der Waals surface area contributed by atoms with Gasteiger partial charge in [0.25, 0.3) is 0 Å². The van der Waals surface area contributed by atoms with Gasteiger partial charge in [-0.15, -0.1) is 0 Å². The van der Waals surface area contributed by atoms with Crippen molar-refractivity contribution in [1.29, 1.82) is 5.26 Å². The van der Waals surface area contributed by atoms with E-state index < -0.39 is 0 Å². The van der Waals surface area contributed by atoms with Crippen molar-refractivity contribution in [3.8, 4) is 23.2 Å². The Bertz CT molecular complexity index is 868. The molecule has 0 saturated carbocycles. The molecule has 5 nitrogen and oxygen atoms in total. The highest BCUT2D eigenvalue weighted by molar-refractivity contribution is 5.90. The fourth-order valence-electron chi connectivity index (χ4n) is 2.17. The highest BCUT2D eigenvalue weighted by atomic mass is 16.5. The van der Waals surface area contributed by atoms with Gasteiger partial charge in [-0.1, -0.05) is 12.1 Å². The second-order valence-corrected chi connectivity index (χ2v) is 4.48. The maximum absolute atomic E-state index is 8.94. The third-order valence-electron chi connectivity index (χ3n) is 3.20. The molecule has 3 aromatic rings. The van der Waals surface area contributed by atoms with Gasteiger partial charge in [0.2, 0.25) is 0 Å². The summed E-state index contributed by atoms with van der Waals surface area (Å²) in [5, 5.41) is 9.61. The largest absolute Gasteiger partial charge is 0.496 e. The van der Waals surface area contributed by atoms with Crippen molar-refractivity contribution in [2.75, 3.05) is 12.8 Å². The van der Waals surface area contributed by atoms with E-state index in [4.69, 9.17) is 15.7 Å². The fourth-order valence-corrected chi connectivity index (χ4v) is 2.17. The number of nitrogens with two attached hydrogens (primary N) is 1. The normalized spacial score (nSPS) is 10.3. The molecule has 0 atom stereocenters. The van der Waals surface area contributed by atoms with Crippen molar-refractivity contribution in [3.05, 3.63) is 48.0 Å². The Morgan fingerprint density at radius 3 is 2.71 bits per heavy atom. The molecule has 2 aromatic carbocycles. The summed E-state index contributed by atoms with van der Waals surface area (Å²) < 4.78 is 5.32. The van der Waals surface area contributed by atoms with Gasteiger partial charge in [-0.25, -0.2) is 9.97 Å². The Balaban J connectivity index is 2.24. The summed E-state index contributed by atoms with van der Waals surface area (Å²) in [5.41, 5.74) is 8.01. The lowest BCUT2D eigenvalue weighted by molar-refractivity contribution is 0.416. The quantitative estimate of drug-likeness (QED) is 0.777. The minimum Gasteiger partial charge on any atom is -0.496 e. The molecule has 0 amide bonds. The van der Waals surface area contributed by atoms with E-state index in [9.17, 15) is 0 Å². The number of aromatic nitrogens is 2. The van der Waals surface area contributed by atoms with E-state index >= 15 is 0 Å². The van der Waals surface area contributed by atoms with E-state index in [0.717, 1.165) is 5.56 Å². The van der Waals surface area contributed by atoms with E-state index in [2.05, 4.69) is 16.0 Å². The van der Waals surface area contributed by atoms with Crippen molar-refractivity contribution in [2.45, 2.75) is 0 Å². The lowest BCUT2D eigenvalue weighted by atomic mass is 10.1. The minimum absolute atomic E-state index is 0.345. The van der Waals surface area contributed by atoms with Gasteiger partial charge >= 0.3 is 0 Å². The third kappa shape index (κ3) is 2.23. The molecule has 5 heteroatoms. The van der Waals surface area contributed by atoms with E-state index in [1.165, 1.54) is 0 Å². The van der Waals surface area contributed by atoms with E-state index in [-0.39, 0.29) is 0 Å². The van der Waals surface area contributed by atoms with E-state index in [1.807, 2.05) is 24.3 Å². The van der Waals surface area contributed by atoms with Gasteiger partial charge in [0.1, 0.15) is 11.6 Å². The second-order valence-electron chi connectivity index (χ2n) is 4.48. The summed E-state index contributed by atoms with van der Waals surface area (Å²) in [4.78, 5) is 8.84. The Morgan fingerprint density at radius 2 is 1.95 bits per heavy atom. The van der Waals surface area contributed by atoms with Gasteiger partial charge < -0.3 is 10.5 Å². The van der Waals surface area contributed by atoms with Gasteiger partial charge in [0.05, 0.1) is 29.8 Å². The maximum atomic E-state index is 8.94. The minimum atomic E-state index is 0.345. The molecule has 0 radical (unpaired) electrons. The van der Waals surface area contributed by atoms with Crippen molar-refractivity contribution in [2.24, 2.45) is 0 Å². The van der Waals surface area contributed by atoms with Crippen molar-refractivity contribution in [3.63, 3.8) is 0 Å². The Labute approximate surface area is 121 Å².